The van der Waals surface area contributed by atoms with E-state index in [1.165, 1.54) is 6.07 Å². The third-order valence-electron chi connectivity index (χ3n) is 4.12. The summed E-state index contributed by atoms with van der Waals surface area (Å²) in [6, 6.07) is 8.37. The van der Waals surface area contributed by atoms with Crippen molar-refractivity contribution in [1.82, 2.24) is 4.98 Å². The van der Waals surface area contributed by atoms with E-state index >= 15 is 0 Å². The Morgan fingerprint density at radius 1 is 1.28 bits per heavy atom. The van der Waals surface area contributed by atoms with Gasteiger partial charge in [-0.05, 0) is 55.2 Å². The van der Waals surface area contributed by atoms with Crippen molar-refractivity contribution in [2.45, 2.75) is 24.2 Å². The lowest BCUT2D eigenvalue weighted by atomic mass is 10.1. The third kappa shape index (κ3) is 4.34. The summed E-state index contributed by atoms with van der Waals surface area (Å²) in [5.41, 5.74) is 2.43. The summed E-state index contributed by atoms with van der Waals surface area (Å²) in [4.78, 5) is 18.4. The van der Waals surface area contributed by atoms with E-state index in [1.807, 2.05) is 4.90 Å². The van der Waals surface area contributed by atoms with Crippen LogP contribution in [0.4, 0.5) is 11.4 Å². The van der Waals surface area contributed by atoms with Gasteiger partial charge in [-0.25, -0.2) is 13.6 Å². The predicted molar refractivity (Wildman–Crippen MR) is 95.8 cm³/mol. The number of primary sulfonamides is 1. The zero-order chi connectivity index (χ0) is 17.9. The number of fused-ring (bicyclic) bond motifs is 1. The number of hydrogen-bond donors (Lipinski definition) is 2. The van der Waals surface area contributed by atoms with Crippen molar-refractivity contribution in [3.05, 3.63) is 48.3 Å². The molecular weight excluding hydrogens is 340 g/mol. The number of carbonyl (C=O) groups is 1. The molecule has 7 nitrogen and oxygen atoms in total. The number of nitrogens with two attached hydrogens (primary N) is 1. The third-order valence-corrected chi connectivity index (χ3v) is 5.04. The average molecular weight is 360 g/mol. The number of hydrogen-bond acceptors (Lipinski definition) is 5. The van der Waals surface area contributed by atoms with Crippen LogP contribution in [0.5, 0.6) is 0 Å². The molecular formula is C17H20N4O3S. The second kappa shape index (κ2) is 7.20. The van der Waals surface area contributed by atoms with Crippen molar-refractivity contribution in [2.24, 2.45) is 5.14 Å². The minimum Gasteiger partial charge on any atom is -0.362 e. The summed E-state index contributed by atoms with van der Waals surface area (Å²) in [7, 11) is -3.73. The first-order valence-corrected chi connectivity index (χ1v) is 9.59. The van der Waals surface area contributed by atoms with Gasteiger partial charge in [-0.15, -0.1) is 0 Å². The molecule has 1 aromatic carbocycles. The standard InChI is InChI=1S/C17H20N4O3S/c18-25(23,24)15-6-7-16-13(10-15)4-1-2-9-21(16)12-17(22)20-14-5-3-8-19-11-14/h3,5-8,10-11H,1-2,4,9,12H2,(H,20,22)(H2,18,23,24). The molecule has 1 aromatic heterocycles. The molecule has 0 saturated carbocycles. The summed E-state index contributed by atoms with van der Waals surface area (Å²) in [5.74, 6) is -0.142. The van der Waals surface area contributed by atoms with Gasteiger partial charge in [0.05, 0.1) is 23.3 Å². The zero-order valence-electron chi connectivity index (χ0n) is 13.7. The molecule has 0 radical (unpaired) electrons. The molecule has 1 amide bonds. The molecule has 0 unspecified atom stereocenters. The molecule has 0 fully saturated rings. The number of rotatable bonds is 4. The molecule has 2 heterocycles. The molecule has 132 valence electrons. The van der Waals surface area contributed by atoms with Crippen molar-refractivity contribution >= 4 is 27.3 Å². The Morgan fingerprint density at radius 3 is 2.84 bits per heavy atom. The Balaban J connectivity index is 1.80. The van der Waals surface area contributed by atoms with Gasteiger partial charge < -0.3 is 10.2 Å². The Morgan fingerprint density at radius 2 is 2.12 bits per heavy atom. The number of nitrogens with zero attached hydrogens (tertiary/aromatic N) is 2. The van der Waals surface area contributed by atoms with E-state index in [1.54, 1.807) is 36.7 Å². The van der Waals surface area contributed by atoms with E-state index in [0.29, 0.717) is 5.69 Å². The first kappa shape index (κ1) is 17.4. The molecule has 0 atom stereocenters. The second-order valence-corrected chi connectivity index (χ2v) is 7.57. The molecule has 8 heteroatoms. The molecule has 0 spiro atoms. The number of pyridine rings is 1. The lowest BCUT2D eigenvalue weighted by molar-refractivity contribution is -0.115. The Labute approximate surface area is 146 Å². The van der Waals surface area contributed by atoms with Crippen LogP contribution in [0.15, 0.2) is 47.6 Å². The van der Waals surface area contributed by atoms with Gasteiger partial charge in [0, 0.05) is 18.4 Å². The fourth-order valence-electron chi connectivity index (χ4n) is 2.96. The first-order valence-electron chi connectivity index (χ1n) is 8.04. The lowest BCUT2D eigenvalue weighted by Crippen LogP contribution is -2.34. The Hall–Kier alpha value is -2.45. The molecule has 25 heavy (non-hydrogen) atoms. The van der Waals surface area contributed by atoms with Gasteiger partial charge in [0.1, 0.15) is 0 Å². The van der Waals surface area contributed by atoms with Crippen LogP contribution in [0.25, 0.3) is 0 Å². The molecule has 2 aromatic rings. The fourth-order valence-corrected chi connectivity index (χ4v) is 3.53. The summed E-state index contributed by atoms with van der Waals surface area (Å²) in [6.07, 6.45) is 5.86. The maximum absolute atomic E-state index is 12.3. The van der Waals surface area contributed by atoms with E-state index in [-0.39, 0.29) is 17.3 Å². The summed E-state index contributed by atoms with van der Waals surface area (Å²) in [5, 5.41) is 8.04. The SMILES string of the molecule is NS(=O)(=O)c1ccc2c(c1)CCCCN2CC(=O)Nc1cccnc1. The van der Waals surface area contributed by atoms with Gasteiger partial charge in [0.15, 0.2) is 0 Å². The normalized spacial score (nSPS) is 14.5. The number of sulfonamides is 1. The van der Waals surface area contributed by atoms with Crippen LogP contribution in [0.3, 0.4) is 0 Å². The van der Waals surface area contributed by atoms with Crippen LogP contribution in [0, 0.1) is 0 Å². The Kier molecular flexibility index (Phi) is 5.00. The largest absolute Gasteiger partial charge is 0.362 e. The van der Waals surface area contributed by atoms with Crippen molar-refractivity contribution < 1.29 is 13.2 Å². The molecule has 3 rings (SSSR count). The van der Waals surface area contributed by atoms with Crippen LogP contribution in [0.1, 0.15) is 18.4 Å². The summed E-state index contributed by atoms with van der Waals surface area (Å²) >= 11 is 0. The number of anilines is 2. The molecule has 0 saturated heterocycles. The van der Waals surface area contributed by atoms with Gasteiger partial charge in [0.2, 0.25) is 15.9 Å². The van der Waals surface area contributed by atoms with E-state index < -0.39 is 10.0 Å². The number of aromatic nitrogens is 1. The smallest absolute Gasteiger partial charge is 0.243 e. The summed E-state index contributed by atoms with van der Waals surface area (Å²) in [6.45, 7) is 0.929. The molecule has 1 aliphatic rings. The quantitative estimate of drug-likeness (QED) is 0.860. The van der Waals surface area contributed by atoms with Crippen molar-refractivity contribution in [3.63, 3.8) is 0 Å². The fraction of sp³-hybridized carbons (Fsp3) is 0.294. The molecule has 0 bridgehead atoms. The topological polar surface area (TPSA) is 105 Å². The monoisotopic (exact) mass is 360 g/mol. The highest BCUT2D eigenvalue weighted by atomic mass is 32.2. The van der Waals surface area contributed by atoms with Crippen molar-refractivity contribution in [3.8, 4) is 0 Å². The van der Waals surface area contributed by atoms with Gasteiger partial charge in [-0.3, -0.25) is 9.78 Å². The molecule has 0 aliphatic carbocycles. The van der Waals surface area contributed by atoms with Crippen LogP contribution in [-0.2, 0) is 21.2 Å². The number of carbonyl (C=O) groups excluding carboxylic acids is 1. The minimum absolute atomic E-state index is 0.105. The van der Waals surface area contributed by atoms with Crippen LogP contribution in [-0.4, -0.2) is 32.4 Å². The van der Waals surface area contributed by atoms with Crippen molar-refractivity contribution in [1.29, 1.82) is 0 Å². The van der Waals surface area contributed by atoms with E-state index in [2.05, 4.69) is 10.3 Å². The van der Waals surface area contributed by atoms with Crippen LogP contribution in [0.2, 0.25) is 0 Å². The highest BCUT2D eigenvalue weighted by Gasteiger charge is 2.20. The number of aryl methyl sites for hydroxylation is 1. The van der Waals surface area contributed by atoms with E-state index in [9.17, 15) is 13.2 Å². The molecule has 3 N–H and O–H groups in total. The van der Waals surface area contributed by atoms with Gasteiger partial charge in [-0.2, -0.15) is 0 Å². The second-order valence-electron chi connectivity index (χ2n) is 6.00. The predicted octanol–water partition coefficient (Wildman–Crippen LogP) is 1.51. The van der Waals surface area contributed by atoms with E-state index in [0.717, 1.165) is 37.1 Å². The maximum Gasteiger partial charge on any atom is 0.243 e. The van der Waals surface area contributed by atoms with Crippen molar-refractivity contribution in [2.75, 3.05) is 23.3 Å². The van der Waals surface area contributed by atoms with Gasteiger partial charge >= 0.3 is 0 Å². The number of amides is 1. The zero-order valence-corrected chi connectivity index (χ0v) is 14.5. The van der Waals surface area contributed by atoms with Crippen LogP contribution < -0.4 is 15.4 Å². The number of nitrogens with one attached hydrogen (secondary N) is 1. The minimum atomic E-state index is -3.73. The van der Waals surface area contributed by atoms with Gasteiger partial charge in [0.25, 0.3) is 0 Å². The Bertz CT molecular complexity index is 869. The van der Waals surface area contributed by atoms with Crippen LogP contribution >= 0.6 is 0 Å². The lowest BCUT2D eigenvalue weighted by Gasteiger charge is -2.24. The maximum atomic E-state index is 12.3. The first-order chi connectivity index (χ1) is 11.9. The highest BCUT2D eigenvalue weighted by Crippen LogP contribution is 2.28. The van der Waals surface area contributed by atoms with Gasteiger partial charge in [-0.1, -0.05) is 0 Å². The summed E-state index contributed by atoms with van der Waals surface area (Å²) < 4.78 is 23.1. The highest BCUT2D eigenvalue weighted by molar-refractivity contribution is 7.89. The molecule has 1 aliphatic heterocycles. The van der Waals surface area contributed by atoms with E-state index in [4.69, 9.17) is 5.14 Å². The average Bonchev–Trinajstić information content (AvgIpc) is 2.77. The number of benzene rings is 1.